The van der Waals surface area contributed by atoms with E-state index in [1.54, 1.807) is 30.7 Å². The van der Waals surface area contributed by atoms with Crippen molar-refractivity contribution in [2.75, 3.05) is 5.75 Å². The first-order valence-electron chi connectivity index (χ1n) is 9.32. The highest BCUT2D eigenvalue weighted by atomic mass is 35.5. The number of carbonyl (C=O) groups is 1. The van der Waals surface area contributed by atoms with Crippen molar-refractivity contribution in [3.05, 3.63) is 89.7 Å². The Morgan fingerprint density at radius 2 is 1.87 bits per heavy atom. The monoisotopic (exact) mass is 448 g/mol. The molecule has 2 aromatic heterocycles. The van der Waals surface area contributed by atoms with E-state index in [-0.39, 0.29) is 11.7 Å². The lowest BCUT2D eigenvalue weighted by Crippen LogP contribution is -2.20. The number of rotatable bonds is 7. The van der Waals surface area contributed by atoms with Gasteiger partial charge < -0.3 is 0 Å². The molecule has 0 spiro atoms. The Bertz CT molecular complexity index is 1200. The molecule has 0 radical (unpaired) electrons. The van der Waals surface area contributed by atoms with E-state index in [1.165, 1.54) is 11.8 Å². The summed E-state index contributed by atoms with van der Waals surface area (Å²) in [6, 6.07) is 20.7. The van der Waals surface area contributed by atoms with Crippen LogP contribution in [0, 0.1) is 0 Å². The predicted molar refractivity (Wildman–Crippen MR) is 123 cm³/mol. The number of para-hydroxylation sites is 1. The number of amides is 1. The van der Waals surface area contributed by atoms with Crippen LogP contribution >= 0.6 is 23.4 Å². The minimum atomic E-state index is -0.253. The van der Waals surface area contributed by atoms with Gasteiger partial charge in [-0.1, -0.05) is 53.7 Å². The highest BCUT2D eigenvalue weighted by Crippen LogP contribution is 2.27. The van der Waals surface area contributed by atoms with Gasteiger partial charge in [0.05, 0.1) is 12.0 Å². The molecular formula is C22H17ClN6OS. The van der Waals surface area contributed by atoms with E-state index in [0.29, 0.717) is 16.0 Å². The van der Waals surface area contributed by atoms with Crippen molar-refractivity contribution in [3.63, 3.8) is 0 Å². The van der Waals surface area contributed by atoms with Crippen LogP contribution in [0.1, 0.15) is 5.56 Å². The van der Waals surface area contributed by atoms with Gasteiger partial charge >= 0.3 is 0 Å². The molecule has 0 aliphatic rings. The van der Waals surface area contributed by atoms with Gasteiger partial charge in [-0.25, -0.2) is 5.43 Å². The number of aromatic nitrogens is 4. The summed E-state index contributed by atoms with van der Waals surface area (Å²) in [4.78, 5) is 16.3. The lowest BCUT2D eigenvalue weighted by atomic mass is 10.2. The second-order valence-electron chi connectivity index (χ2n) is 6.35. The number of nitrogens with zero attached hydrogens (tertiary/aromatic N) is 5. The van der Waals surface area contributed by atoms with Crippen molar-refractivity contribution in [2.45, 2.75) is 5.16 Å². The molecule has 0 aliphatic heterocycles. The summed E-state index contributed by atoms with van der Waals surface area (Å²) in [6.45, 7) is 0. The molecule has 0 fully saturated rings. The number of nitrogens with one attached hydrogen (secondary N) is 1. The van der Waals surface area contributed by atoms with Crippen LogP contribution in [0.3, 0.4) is 0 Å². The van der Waals surface area contributed by atoms with E-state index in [0.717, 1.165) is 16.8 Å². The standard InChI is InChI=1S/C22H17ClN6OS/c23-18-6-4-5-16(13-18)14-25-26-20(30)15-31-22-28-27-21(17-9-11-24-12-10-17)29(22)19-7-2-1-3-8-19/h1-14H,15H2,(H,26,30). The van der Waals surface area contributed by atoms with Crippen LogP contribution in [-0.2, 0) is 4.79 Å². The maximum absolute atomic E-state index is 12.3. The smallest absolute Gasteiger partial charge is 0.250 e. The molecule has 9 heteroatoms. The molecule has 4 aromatic rings. The highest BCUT2D eigenvalue weighted by Gasteiger charge is 2.17. The van der Waals surface area contributed by atoms with E-state index in [1.807, 2.05) is 59.2 Å². The van der Waals surface area contributed by atoms with Gasteiger partial charge in [0, 0.05) is 28.7 Å². The number of hydrazone groups is 1. The molecule has 31 heavy (non-hydrogen) atoms. The molecule has 154 valence electrons. The fraction of sp³-hybridized carbons (Fsp3) is 0.0455. The van der Waals surface area contributed by atoms with Gasteiger partial charge in [-0.15, -0.1) is 10.2 Å². The molecule has 0 saturated heterocycles. The van der Waals surface area contributed by atoms with Gasteiger partial charge in [0.2, 0.25) is 0 Å². The van der Waals surface area contributed by atoms with Crippen molar-refractivity contribution >= 4 is 35.5 Å². The van der Waals surface area contributed by atoms with Gasteiger partial charge in [-0.2, -0.15) is 5.10 Å². The number of halogens is 1. The largest absolute Gasteiger partial charge is 0.272 e. The molecule has 0 saturated carbocycles. The second kappa shape index (κ2) is 10.0. The van der Waals surface area contributed by atoms with Crippen LogP contribution in [0.5, 0.6) is 0 Å². The van der Waals surface area contributed by atoms with Crippen molar-refractivity contribution in [2.24, 2.45) is 5.10 Å². The first kappa shape index (κ1) is 20.8. The van der Waals surface area contributed by atoms with Gasteiger partial charge in [0.15, 0.2) is 11.0 Å². The van der Waals surface area contributed by atoms with Crippen molar-refractivity contribution in [1.82, 2.24) is 25.2 Å². The quantitative estimate of drug-likeness (QED) is 0.260. The van der Waals surface area contributed by atoms with Crippen LogP contribution in [-0.4, -0.2) is 37.6 Å². The molecule has 1 N–H and O–H groups in total. The molecule has 0 aliphatic carbocycles. The summed E-state index contributed by atoms with van der Waals surface area (Å²) in [5.74, 6) is 0.556. The molecule has 0 unspecified atom stereocenters. The zero-order valence-corrected chi connectivity index (χ0v) is 17.8. The topological polar surface area (TPSA) is 85.1 Å². The number of benzene rings is 2. The van der Waals surface area contributed by atoms with Gasteiger partial charge in [0.1, 0.15) is 0 Å². The molecule has 0 bridgehead atoms. The minimum Gasteiger partial charge on any atom is -0.272 e. The van der Waals surface area contributed by atoms with Crippen molar-refractivity contribution < 1.29 is 4.79 Å². The third-order valence-corrected chi connectivity index (χ3v) is 5.33. The lowest BCUT2D eigenvalue weighted by Gasteiger charge is -2.10. The van der Waals surface area contributed by atoms with E-state index >= 15 is 0 Å². The summed E-state index contributed by atoms with van der Waals surface area (Å²) >= 11 is 7.23. The fourth-order valence-corrected chi connectivity index (χ4v) is 3.73. The molecule has 0 atom stereocenters. The first-order chi connectivity index (χ1) is 15.2. The predicted octanol–water partition coefficient (Wildman–Crippen LogP) is 4.23. The zero-order chi connectivity index (χ0) is 21.5. The van der Waals surface area contributed by atoms with Crippen LogP contribution in [0.15, 0.2) is 89.4 Å². The fourth-order valence-electron chi connectivity index (χ4n) is 2.79. The molecule has 2 heterocycles. The summed E-state index contributed by atoms with van der Waals surface area (Å²) in [5, 5.41) is 13.8. The Hall–Kier alpha value is -3.49. The summed E-state index contributed by atoms with van der Waals surface area (Å²) in [7, 11) is 0. The SMILES string of the molecule is O=C(CSc1nnc(-c2ccncc2)n1-c1ccccc1)NN=Cc1cccc(Cl)c1. The Kier molecular flexibility index (Phi) is 6.71. The molecule has 2 aromatic carbocycles. The molecule has 4 rings (SSSR count). The van der Waals surface area contributed by atoms with E-state index in [4.69, 9.17) is 11.6 Å². The van der Waals surface area contributed by atoms with E-state index < -0.39 is 0 Å². The third kappa shape index (κ3) is 5.36. The van der Waals surface area contributed by atoms with Gasteiger partial charge in [-0.05, 0) is 42.0 Å². The maximum atomic E-state index is 12.3. The Labute approximate surface area is 188 Å². The number of hydrogen-bond acceptors (Lipinski definition) is 6. The molecular weight excluding hydrogens is 432 g/mol. The number of thioether (sulfide) groups is 1. The first-order valence-corrected chi connectivity index (χ1v) is 10.7. The lowest BCUT2D eigenvalue weighted by molar-refractivity contribution is -0.118. The van der Waals surface area contributed by atoms with Crippen LogP contribution in [0.25, 0.3) is 17.1 Å². The zero-order valence-electron chi connectivity index (χ0n) is 16.2. The molecule has 1 amide bonds. The Morgan fingerprint density at radius 3 is 2.65 bits per heavy atom. The van der Waals surface area contributed by atoms with Gasteiger partial charge in [0.25, 0.3) is 5.91 Å². The van der Waals surface area contributed by atoms with Crippen LogP contribution in [0.2, 0.25) is 5.02 Å². The highest BCUT2D eigenvalue weighted by molar-refractivity contribution is 7.99. The summed E-state index contributed by atoms with van der Waals surface area (Å²) in [5.41, 5.74) is 5.10. The normalized spacial score (nSPS) is 11.0. The minimum absolute atomic E-state index is 0.133. The number of pyridine rings is 1. The van der Waals surface area contributed by atoms with Crippen molar-refractivity contribution in [3.8, 4) is 17.1 Å². The number of hydrogen-bond donors (Lipinski definition) is 1. The third-order valence-electron chi connectivity index (χ3n) is 4.17. The van der Waals surface area contributed by atoms with E-state index in [2.05, 4.69) is 25.7 Å². The van der Waals surface area contributed by atoms with Crippen LogP contribution < -0.4 is 5.43 Å². The molecule has 7 nitrogen and oxygen atoms in total. The van der Waals surface area contributed by atoms with E-state index in [9.17, 15) is 4.79 Å². The Balaban J connectivity index is 1.48. The van der Waals surface area contributed by atoms with Gasteiger partial charge in [-0.3, -0.25) is 14.3 Å². The van der Waals surface area contributed by atoms with Crippen molar-refractivity contribution in [1.29, 1.82) is 0 Å². The second-order valence-corrected chi connectivity index (χ2v) is 7.73. The average molecular weight is 449 g/mol. The van der Waals surface area contributed by atoms with Crippen LogP contribution in [0.4, 0.5) is 0 Å². The number of carbonyl (C=O) groups excluding carboxylic acids is 1. The summed E-state index contributed by atoms with van der Waals surface area (Å²) < 4.78 is 1.92. The summed E-state index contributed by atoms with van der Waals surface area (Å²) in [6.07, 6.45) is 4.96. The average Bonchev–Trinajstić information content (AvgIpc) is 3.23. The Morgan fingerprint density at radius 1 is 1.06 bits per heavy atom. The maximum Gasteiger partial charge on any atom is 0.250 e.